The van der Waals surface area contributed by atoms with Gasteiger partial charge in [-0.25, -0.2) is 9.97 Å². The highest BCUT2D eigenvalue weighted by atomic mass is 15.1. The summed E-state index contributed by atoms with van der Waals surface area (Å²) in [5, 5.41) is 12.2. The number of nitriles is 1. The predicted molar refractivity (Wildman–Crippen MR) is 67.5 cm³/mol. The highest BCUT2D eigenvalue weighted by molar-refractivity contribution is 5.47. The van der Waals surface area contributed by atoms with Crippen LogP contribution in [0.4, 0.5) is 5.82 Å². The maximum absolute atomic E-state index is 8.95. The van der Waals surface area contributed by atoms with Gasteiger partial charge >= 0.3 is 0 Å². The number of likely N-dealkylation sites (N-methyl/N-ethyl adjacent to an activating group) is 1. The van der Waals surface area contributed by atoms with E-state index in [0.29, 0.717) is 17.4 Å². The monoisotopic (exact) mass is 233 g/mol. The molecule has 0 aliphatic carbocycles. The highest BCUT2D eigenvalue weighted by Gasteiger charge is 2.16. The van der Waals surface area contributed by atoms with Crippen LogP contribution in [0.3, 0.4) is 0 Å². The van der Waals surface area contributed by atoms with Gasteiger partial charge in [0.15, 0.2) is 11.5 Å². The van der Waals surface area contributed by atoms with E-state index in [4.69, 9.17) is 5.26 Å². The van der Waals surface area contributed by atoms with E-state index in [1.807, 2.05) is 20.2 Å². The lowest BCUT2D eigenvalue weighted by Gasteiger charge is -2.26. The van der Waals surface area contributed by atoms with Gasteiger partial charge in [0.05, 0.1) is 0 Å². The van der Waals surface area contributed by atoms with Crippen LogP contribution >= 0.6 is 0 Å². The molecular weight excluding hydrogens is 214 g/mol. The Morgan fingerprint density at radius 2 is 2.00 bits per heavy atom. The third-order valence-corrected chi connectivity index (χ3v) is 2.49. The van der Waals surface area contributed by atoms with Crippen LogP contribution in [-0.2, 0) is 0 Å². The Hall–Kier alpha value is -1.67. The van der Waals surface area contributed by atoms with Crippen LogP contribution < -0.4 is 5.32 Å². The number of rotatable bonds is 5. The van der Waals surface area contributed by atoms with E-state index in [9.17, 15) is 0 Å². The van der Waals surface area contributed by atoms with E-state index in [1.165, 1.54) is 6.20 Å². The largest absolute Gasteiger partial charge is 0.363 e. The van der Waals surface area contributed by atoms with Crippen molar-refractivity contribution < 1.29 is 0 Å². The number of aromatic nitrogens is 2. The molecule has 1 heterocycles. The fourth-order valence-corrected chi connectivity index (χ4v) is 1.52. The normalized spacial score (nSPS) is 12.5. The first kappa shape index (κ1) is 13.4. The molecule has 0 bridgehead atoms. The van der Waals surface area contributed by atoms with Crippen molar-refractivity contribution in [2.75, 3.05) is 26.0 Å². The van der Waals surface area contributed by atoms with Crippen LogP contribution in [0.15, 0.2) is 12.4 Å². The van der Waals surface area contributed by atoms with Gasteiger partial charge < -0.3 is 10.2 Å². The van der Waals surface area contributed by atoms with E-state index in [-0.39, 0.29) is 6.04 Å². The van der Waals surface area contributed by atoms with Gasteiger partial charge in [-0.15, -0.1) is 0 Å². The average molecular weight is 233 g/mol. The van der Waals surface area contributed by atoms with E-state index in [2.05, 4.69) is 34.0 Å². The third kappa shape index (κ3) is 4.00. The lowest BCUT2D eigenvalue weighted by atomic mass is 10.0. The van der Waals surface area contributed by atoms with Crippen LogP contribution in [-0.4, -0.2) is 41.5 Å². The second-order valence-corrected chi connectivity index (χ2v) is 4.62. The number of hydrogen-bond donors (Lipinski definition) is 1. The molecule has 0 radical (unpaired) electrons. The first-order chi connectivity index (χ1) is 8.04. The van der Waals surface area contributed by atoms with Crippen molar-refractivity contribution in [2.24, 2.45) is 5.92 Å². The number of nitrogens with one attached hydrogen (secondary N) is 1. The summed E-state index contributed by atoms with van der Waals surface area (Å²) in [6.45, 7) is 5.17. The van der Waals surface area contributed by atoms with Crippen LogP contribution in [0.2, 0.25) is 0 Å². The van der Waals surface area contributed by atoms with Crippen molar-refractivity contribution in [2.45, 2.75) is 19.9 Å². The molecule has 92 valence electrons. The first-order valence-corrected chi connectivity index (χ1v) is 5.67. The van der Waals surface area contributed by atoms with E-state index in [0.717, 1.165) is 6.54 Å². The van der Waals surface area contributed by atoms with Crippen LogP contribution in [0, 0.1) is 17.2 Å². The maximum atomic E-state index is 8.95. The molecule has 0 aliphatic heterocycles. The minimum absolute atomic E-state index is 0.244. The molecule has 5 nitrogen and oxygen atoms in total. The Morgan fingerprint density at radius 1 is 1.35 bits per heavy atom. The molecule has 0 aromatic carbocycles. The smallest absolute Gasteiger partial charge is 0.182 e. The maximum Gasteiger partial charge on any atom is 0.182 e. The molecule has 17 heavy (non-hydrogen) atoms. The topological polar surface area (TPSA) is 64.8 Å². The molecule has 0 saturated heterocycles. The van der Waals surface area contributed by atoms with Crippen LogP contribution in [0.1, 0.15) is 19.5 Å². The summed E-state index contributed by atoms with van der Waals surface area (Å²) < 4.78 is 0. The number of hydrogen-bond acceptors (Lipinski definition) is 5. The molecule has 1 rings (SSSR count). The molecule has 0 amide bonds. The van der Waals surface area contributed by atoms with Crippen LogP contribution in [0.25, 0.3) is 0 Å². The molecule has 1 unspecified atom stereocenters. The number of anilines is 1. The van der Waals surface area contributed by atoms with Crippen molar-refractivity contribution in [3.05, 3.63) is 18.1 Å². The van der Waals surface area contributed by atoms with Crippen LogP contribution in [0.5, 0.6) is 0 Å². The molecule has 0 saturated carbocycles. The summed E-state index contributed by atoms with van der Waals surface area (Å²) in [7, 11) is 4.05. The molecular formula is C12H19N5. The fraction of sp³-hybridized carbons (Fsp3) is 0.583. The second kappa shape index (κ2) is 6.16. The zero-order valence-electron chi connectivity index (χ0n) is 10.8. The van der Waals surface area contributed by atoms with Gasteiger partial charge in [-0.1, -0.05) is 13.8 Å². The standard InChI is InChI=1S/C12H19N5/c1-9(2)11(8-17(3)4)16-12-10(7-13)14-5-6-15-12/h5-6,9,11H,8H2,1-4H3,(H,15,16). The van der Waals surface area contributed by atoms with Crippen molar-refractivity contribution in [3.8, 4) is 6.07 Å². The van der Waals surface area contributed by atoms with Gasteiger partial charge in [-0.2, -0.15) is 5.26 Å². The summed E-state index contributed by atoms with van der Waals surface area (Å²) >= 11 is 0. The Kier molecular flexibility index (Phi) is 4.85. The lowest BCUT2D eigenvalue weighted by molar-refractivity contribution is 0.344. The number of nitrogens with zero attached hydrogens (tertiary/aromatic N) is 4. The van der Waals surface area contributed by atoms with Gasteiger partial charge in [0.25, 0.3) is 0 Å². The summed E-state index contributed by atoms with van der Waals surface area (Å²) in [5.41, 5.74) is 0.344. The SMILES string of the molecule is CC(C)C(CN(C)C)Nc1nccnc1C#N. The minimum Gasteiger partial charge on any atom is -0.363 e. The predicted octanol–water partition coefficient (Wildman–Crippen LogP) is 1.35. The molecule has 5 heteroatoms. The Bertz CT molecular complexity index is 394. The quantitative estimate of drug-likeness (QED) is 0.831. The average Bonchev–Trinajstić information content (AvgIpc) is 2.28. The highest BCUT2D eigenvalue weighted by Crippen LogP contribution is 2.13. The van der Waals surface area contributed by atoms with Crippen molar-refractivity contribution in [1.29, 1.82) is 5.26 Å². The Labute approximate surface area is 102 Å². The van der Waals surface area contributed by atoms with Gasteiger partial charge in [0.2, 0.25) is 0 Å². The molecule has 1 aromatic heterocycles. The van der Waals surface area contributed by atoms with Gasteiger partial charge in [-0.3, -0.25) is 0 Å². The molecule has 0 fully saturated rings. The molecule has 0 aliphatic rings. The molecule has 0 spiro atoms. The molecule has 1 atom stereocenters. The molecule has 1 aromatic rings. The lowest BCUT2D eigenvalue weighted by Crippen LogP contribution is -2.37. The summed E-state index contributed by atoms with van der Waals surface area (Å²) in [6.07, 6.45) is 3.12. The van der Waals surface area contributed by atoms with E-state index in [1.54, 1.807) is 6.20 Å². The van der Waals surface area contributed by atoms with E-state index >= 15 is 0 Å². The zero-order valence-corrected chi connectivity index (χ0v) is 10.8. The summed E-state index contributed by atoms with van der Waals surface area (Å²) in [6, 6.07) is 2.29. The van der Waals surface area contributed by atoms with Crippen molar-refractivity contribution >= 4 is 5.82 Å². The zero-order chi connectivity index (χ0) is 12.8. The van der Waals surface area contributed by atoms with Crippen molar-refractivity contribution in [3.63, 3.8) is 0 Å². The third-order valence-electron chi connectivity index (χ3n) is 2.49. The summed E-state index contributed by atoms with van der Waals surface area (Å²) in [5.74, 6) is 1.02. The van der Waals surface area contributed by atoms with Gasteiger partial charge in [0, 0.05) is 25.0 Å². The van der Waals surface area contributed by atoms with E-state index < -0.39 is 0 Å². The van der Waals surface area contributed by atoms with Crippen molar-refractivity contribution in [1.82, 2.24) is 14.9 Å². The minimum atomic E-state index is 0.244. The first-order valence-electron chi connectivity index (χ1n) is 5.67. The Balaban J connectivity index is 2.83. The fourth-order valence-electron chi connectivity index (χ4n) is 1.52. The Morgan fingerprint density at radius 3 is 2.53 bits per heavy atom. The second-order valence-electron chi connectivity index (χ2n) is 4.62. The molecule has 1 N–H and O–H groups in total. The van der Waals surface area contributed by atoms with Gasteiger partial charge in [0.1, 0.15) is 6.07 Å². The summed E-state index contributed by atoms with van der Waals surface area (Å²) in [4.78, 5) is 10.3. The van der Waals surface area contributed by atoms with Gasteiger partial charge in [-0.05, 0) is 20.0 Å².